The van der Waals surface area contributed by atoms with E-state index >= 15 is 0 Å². The minimum absolute atomic E-state index is 0.477. The number of nitrogens with one attached hydrogen (secondary N) is 1. The largest absolute Gasteiger partial charge is 0.380 e. The van der Waals surface area contributed by atoms with Gasteiger partial charge in [0, 0.05) is 31.4 Å². The molecule has 0 amide bonds. The van der Waals surface area contributed by atoms with Crippen molar-refractivity contribution in [2.45, 2.75) is 37.8 Å². The zero-order chi connectivity index (χ0) is 20.2. The molecule has 29 heavy (non-hydrogen) atoms. The fourth-order valence-corrected chi connectivity index (χ4v) is 4.49. The molecule has 2 aromatic rings. The van der Waals surface area contributed by atoms with E-state index in [1.54, 1.807) is 0 Å². The van der Waals surface area contributed by atoms with E-state index in [-0.39, 0.29) is 0 Å². The van der Waals surface area contributed by atoms with Crippen LogP contribution in [0.3, 0.4) is 0 Å². The van der Waals surface area contributed by atoms with Gasteiger partial charge < -0.3 is 20.0 Å². The lowest BCUT2D eigenvalue weighted by Crippen LogP contribution is -2.42. The van der Waals surface area contributed by atoms with Crippen molar-refractivity contribution in [3.8, 4) is 11.3 Å². The maximum absolute atomic E-state index is 4.68. The summed E-state index contributed by atoms with van der Waals surface area (Å²) in [6.07, 6.45) is 11.7. The first kappa shape index (κ1) is 20.1. The van der Waals surface area contributed by atoms with E-state index in [9.17, 15) is 0 Å². The van der Waals surface area contributed by atoms with Crippen LogP contribution in [0, 0.1) is 6.20 Å². The van der Waals surface area contributed by atoms with Crippen LogP contribution in [0.5, 0.6) is 0 Å². The number of likely N-dealkylation sites (tertiary alicyclic amines) is 1. The Bertz CT molecular complexity index is 777. The standard InChI is InChI=1S/C23H33N6/c1-27(2)19-9-14-29(15-10-19)22-17-24-16-21(23(22)20-6-4-5-11-25-20)26-18-7-12-28(3)13-8-18/h4-6,11,16,18-19,26H,7-10,12-15H2,1-3H3. The third-order valence-corrected chi connectivity index (χ3v) is 6.38. The Kier molecular flexibility index (Phi) is 6.31. The minimum Gasteiger partial charge on any atom is -0.380 e. The van der Waals surface area contributed by atoms with Crippen molar-refractivity contribution < 1.29 is 0 Å². The second-order valence-electron chi connectivity index (χ2n) is 8.63. The van der Waals surface area contributed by atoms with Crippen molar-refractivity contribution in [3.63, 3.8) is 0 Å². The Morgan fingerprint density at radius 2 is 1.83 bits per heavy atom. The molecule has 2 aromatic heterocycles. The fraction of sp³-hybridized carbons (Fsp3) is 0.565. The van der Waals surface area contributed by atoms with Gasteiger partial charge in [-0.2, -0.15) is 0 Å². The summed E-state index contributed by atoms with van der Waals surface area (Å²) in [4.78, 5) is 16.4. The van der Waals surface area contributed by atoms with Crippen LogP contribution in [0.15, 0.2) is 30.6 Å². The monoisotopic (exact) mass is 393 g/mol. The Labute approximate surface area is 174 Å². The predicted molar refractivity (Wildman–Crippen MR) is 119 cm³/mol. The number of rotatable bonds is 5. The average Bonchev–Trinajstić information content (AvgIpc) is 2.76. The van der Waals surface area contributed by atoms with Gasteiger partial charge in [0.25, 0.3) is 0 Å². The number of anilines is 2. The van der Waals surface area contributed by atoms with Crippen LogP contribution in [-0.2, 0) is 0 Å². The number of nitrogens with zero attached hydrogens (tertiary/aromatic N) is 5. The zero-order valence-electron chi connectivity index (χ0n) is 17.9. The molecule has 2 aliphatic rings. The third-order valence-electron chi connectivity index (χ3n) is 6.38. The number of piperidine rings is 2. The van der Waals surface area contributed by atoms with Gasteiger partial charge in [-0.3, -0.25) is 9.97 Å². The van der Waals surface area contributed by atoms with Gasteiger partial charge in [0.05, 0.1) is 28.8 Å². The topological polar surface area (TPSA) is 47.5 Å². The molecule has 0 aromatic carbocycles. The predicted octanol–water partition coefficient (Wildman–Crippen LogP) is 2.98. The summed E-state index contributed by atoms with van der Waals surface area (Å²) in [5.41, 5.74) is 4.30. The molecule has 0 atom stereocenters. The summed E-state index contributed by atoms with van der Waals surface area (Å²) < 4.78 is 0. The Balaban J connectivity index is 1.63. The van der Waals surface area contributed by atoms with E-state index in [0.29, 0.717) is 12.1 Å². The fourth-order valence-electron chi connectivity index (χ4n) is 4.49. The molecule has 1 N–H and O–H groups in total. The van der Waals surface area contributed by atoms with Gasteiger partial charge in [0.15, 0.2) is 0 Å². The second-order valence-corrected chi connectivity index (χ2v) is 8.63. The molecule has 0 aliphatic carbocycles. The van der Waals surface area contributed by atoms with E-state index in [1.165, 1.54) is 0 Å². The van der Waals surface area contributed by atoms with Gasteiger partial charge in [-0.1, -0.05) is 6.07 Å². The molecule has 2 fully saturated rings. The summed E-state index contributed by atoms with van der Waals surface area (Å²) in [6, 6.07) is 7.26. The summed E-state index contributed by atoms with van der Waals surface area (Å²) in [5, 5.41) is 3.79. The van der Waals surface area contributed by atoms with Gasteiger partial charge >= 0.3 is 0 Å². The molecule has 4 heterocycles. The summed E-state index contributed by atoms with van der Waals surface area (Å²) in [7, 11) is 6.56. The Morgan fingerprint density at radius 3 is 2.48 bits per heavy atom. The molecule has 4 rings (SSSR count). The van der Waals surface area contributed by atoms with Crippen LogP contribution in [0.1, 0.15) is 25.7 Å². The quantitative estimate of drug-likeness (QED) is 0.843. The lowest BCUT2D eigenvalue weighted by atomic mass is 10.00. The van der Waals surface area contributed by atoms with Crippen LogP contribution >= 0.6 is 0 Å². The molecule has 0 spiro atoms. The molecule has 1 radical (unpaired) electrons. The van der Waals surface area contributed by atoms with E-state index in [1.807, 2.05) is 18.5 Å². The molecule has 6 nitrogen and oxygen atoms in total. The molecule has 0 bridgehead atoms. The molecule has 0 saturated carbocycles. The van der Waals surface area contributed by atoms with Crippen molar-refractivity contribution in [2.24, 2.45) is 0 Å². The number of hydrogen-bond donors (Lipinski definition) is 1. The first-order valence-electron chi connectivity index (χ1n) is 10.8. The first-order chi connectivity index (χ1) is 14.1. The van der Waals surface area contributed by atoms with Crippen molar-refractivity contribution >= 4 is 11.4 Å². The van der Waals surface area contributed by atoms with Gasteiger partial charge in [-0.25, -0.2) is 0 Å². The number of hydrogen-bond acceptors (Lipinski definition) is 6. The van der Waals surface area contributed by atoms with Crippen LogP contribution in [0.2, 0.25) is 0 Å². The number of pyridine rings is 2. The molecule has 155 valence electrons. The van der Waals surface area contributed by atoms with E-state index in [0.717, 1.165) is 74.5 Å². The first-order valence-corrected chi connectivity index (χ1v) is 10.8. The van der Waals surface area contributed by atoms with Crippen molar-refractivity contribution in [1.82, 2.24) is 19.8 Å². The third kappa shape index (κ3) is 4.70. The molecule has 2 aliphatic heterocycles. The highest BCUT2D eigenvalue weighted by Gasteiger charge is 2.26. The lowest BCUT2D eigenvalue weighted by molar-refractivity contribution is 0.249. The highest BCUT2D eigenvalue weighted by atomic mass is 15.2. The maximum Gasteiger partial charge on any atom is 0.115 e. The van der Waals surface area contributed by atoms with E-state index < -0.39 is 0 Å². The normalized spacial score (nSPS) is 19.7. The van der Waals surface area contributed by atoms with Gasteiger partial charge in [-0.15, -0.1) is 0 Å². The SMILES string of the molecule is CN1CCC(Nc2cn[c]c(N3CCC(N(C)C)CC3)c2-c2ccccn2)CC1. The highest BCUT2D eigenvalue weighted by molar-refractivity contribution is 5.86. The van der Waals surface area contributed by atoms with Crippen LogP contribution in [-0.4, -0.2) is 79.2 Å². The van der Waals surface area contributed by atoms with Crippen molar-refractivity contribution in [2.75, 3.05) is 57.5 Å². The molecule has 2 saturated heterocycles. The summed E-state index contributed by atoms with van der Waals surface area (Å²) >= 11 is 0. The zero-order valence-corrected chi connectivity index (χ0v) is 17.9. The van der Waals surface area contributed by atoms with Gasteiger partial charge in [-0.05, 0) is 72.0 Å². The van der Waals surface area contributed by atoms with Crippen LogP contribution in [0.25, 0.3) is 11.3 Å². The Hall–Kier alpha value is -2.18. The molecular formula is C23H33N6. The molecule has 0 unspecified atom stereocenters. The Morgan fingerprint density at radius 1 is 1.07 bits per heavy atom. The maximum atomic E-state index is 4.68. The summed E-state index contributed by atoms with van der Waals surface area (Å²) in [5.74, 6) is 0. The van der Waals surface area contributed by atoms with Crippen LogP contribution < -0.4 is 10.2 Å². The molecule has 6 heteroatoms. The van der Waals surface area contributed by atoms with E-state index in [2.05, 4.69) is 69.5 Å². The minimum atomic E-state index is 0.477. The van der Waals surface area contributed by atoms with Crippen LogP contribution in [0.4, 0.5) is 11.4 Å². The molecular weight excluding hydrogens is 360 g/mol. The van der Waals surface area contributed by atoms with Gasteiger partial charge in [0.2, 0.25) is 0 Å². The average molecular weight is 394 g/mol. The van der Waals surface area contributed by atoms with E-state index in [4.69, 9.17) is 0 Å². The van der Waals surface area contributed by atoms with Crippen molar-refractivity contribution in [1.29, 1.82) is 0 Å². The van der Waals surface area contributed by atoms with Gasteiger partial charge in [0.1, 0.15) is 6.20 Å². The highest BCUT2D eigenvalue weighted by Crippen LogP contribution is 2.37. The second kappa shape index (κ2) is 9.09. The smallest absolute Gasteiger partial charge is 0.115 e. The van der Waals surface area contributed by atoms with Crippen molar-refractivity contribution in [3.05, 3.63) is 36.8 Å². The summed E-state index contributed by atoms with van der Waals surface area (Å²) in [6.45, 7) is 4.32. The number of aromatic nitrogens is 2. The lowest BCUT2D eigenvalue weighted by Gasteiger charge is -2.37.